The van der Waals surface area contributed by atoms with E-state index >= 15 is 0 Å². The summed E-state index contributed by atoms with van der Waals surface area (Å²) in [6, 6.07) is 3.10. The van der Waals surface area contributed by atoms with E-state index in [4.69, 9.17) is 0 Å². The number of aromatic nitrogens is 4. The smallest absolute Gasteiger partial charge is 0.362 e. The number of carbonyl (C=O) groups is 1. The van der Waals surface area contributed by atoms with Crippen LogP contribution in [0.25, 0.3) is 5.82 Å². The van der Waals surface area contributed by atoms with Crippen LogP contribution >= 0.6 is 0 Å². The van der Waals surface area contributed by atoms with Gasteiger partial charge in [-0.05, 0) is 12.1 Å². The summed E-state index contributed by atoms with van der Waals surface area (Å²) in [5, 5.41) is 6.23. The quantitative estimate of drug-likeness (QED) is 0.896. The molecule has 0 radical (unpaired) electrons. The maximum Gasteiger partial charge on any atom is 0.411 e. The van der Waals surface area contributed by atoms with Gasteiger partial charge in [0, 0.05) is 0 Å². The molecule has 0 unspecified atom stereocenters. The molecule has 0 atom stereocenters. The van der Waals surface area contributed by atoms with E-state index in [2.05, 4.69) is 25.1 Å². The van der Waals surface area contributed by atoms with Crippen molar-refractivity contribution < 1.29 is 22.7 Å². The number of carbonyl (C=O) groups excluding carboxylic acids is 1. The Balaban J connectivity index is 1.84. The topological polar surface area (TPSA) is 81.9 Å². The number of amides is 1. The first-order valence-electron chi connectivity index (χ1n) is 5.69. The SMILES string of the molecule is O=C(COCC(F)(F)F)Nc1ccc(-n2cncn2)nc1. The third-order valence-electron chi connectivity index (χ3n) is 2.18. The number of halogens is 3. The van der Waals surface area contributed by atoms with Crippen molar-refractivity contribution in [1.29, 1.82) is 0 Å². The van der Waals surface area contributed by atoms with Crippen LogP contribution in [0.5, 0.6) is 0 Å². The standard InChI is InChI=1S/C11H10F3N5O2/c12-11(13,14)5-21-4-10(20)18-8-1-2-9(16-3-8)19-7-15-6-17-19/h1-3,6-7H,4-5H2,(H,18,20). The van der Waals surface area contributed by atoms with Crippen LogP contribution in [0.3, 0.4) is 0 Å². The second-order valence-corrected chi connectivity index (χ2v) is 3.90. The summed E-state index contributed by atoms with van der Waals surface area (Å²) in [4.78, 5) is 19.1. The number of anilines is 1. The van der Waals surface area contributed by atoms with Crippen molar-refractivity contribution >= 4 is 11.6 Å². The lowest BCUT2D eigenvalue weighted by atomic mass is 10.4. The van der Waals surface area contributed by atoms with Gasteiger partial charge in [-0.25, -0.2) is 14.6 Å². The molecule has 0 spiro atoms. The predicted octanol–water partition coefficient (Wildman–Crippen LogP) is 1.18. The van der Waals surface area contributed by atoms with Gasteiger partial charge < -0.3 is 10.1 Å². The highest BCUT2D eigenvalue weighted by Crippen LogP contribution is 2.14. The van der Waals surface area contributed by atoms with Gasteiger partial charge in [0.1, 0.15) is 25.9 Å². The highest BCUT2D eigenvalue weighted by molar-refractivity contribution is 5.91. The second-order valence-electron chi connectivity index (χ2n) is 3.90. The number of nitrogens with zero attached hydrogens (tertiary/aromatic N) is 4. The molecule has 2 aromatic heterocycles. The molecule has 0 aliphatic heterocycles. The lowest BCUT2D eigenvalue weighted by Gasteiger charge is -2.08. The maximum absolute atomic E-state index is 11.8. The fraction of sp³-hybridized carbons (Fsp3) is 0.273. The minimum absolute atomic E-state index is 0.333. The third kappa shape index (κ3) is 4.84. The molecular weight excluding hydrogens is 291 g/mol. The lowest BCUT2D eigenvalue weighted by Crippen LogP contribution is -2.24. The number of pyridine rings is 1. The van der Waals surface area contributed by atoms with Crippen LogP contribution in [0.1, 0.15) is 0 Å². The number of rotatable bonds is 5. The monoisotopic (exact) mass is 301 g/mol. The number of alkyl halides is 3. The van der Waals surface area contributed by atoms with Gasteiger partial charge in [-0.3, -0.25) is 4.79 Å². The molecular formula is C11H10F3N5O2. The minimum Gasteiger partial charge on any atom is -0.362 e. The summed E-state index contributed by atoms with van der Waals surface area (Å²) in [5.41, 5.74) is 0.333. The van der Waals surface area contributed by atoms with Crippen LogP contribution in [0.4, 0.5) is 18.9 Å². The van der Waals surface area contributed by atoms with Crippen LogP contribution < -0.4 is 5.32 Å². The first kappa shape index (κ1) is 14.9. The molecule has 0 aliphatic rings. The summed E-state index contributed by atoms with van der Waals surface area (Å²) in [7, 11) is 0. The van der Waals surface area contributed by atoms with Crippen molar-refractivity contribution in [3.8, 4) is 5.82 Å². The molecule has 0 saturated carbocycles. The Morgan fingerprint density at radius 3 is 2.76 bits per heavy atom. The average Bonchev–Trinajstić information content (AvgIpc) is 2.92. The van der Waals surface area contributed by atoms with E-state index in [1.807, 2.05) is 0 Å². The third-order valence-corrected chi connectivity index (χ3v) is 2.18. The molecule has 2 heterocycles. The van der Waals surface area contributed by atoms with Gasteiger partial charge in [-0.2, -0.15) is 18.3 Å². The molecule has 7 nitrogen and oxygen atoms in total. The van der Waals surface area contributed by atoms with Crippen molar-refractivity contribution in [2.75, 3.05) is 18.5 Å². The van der Waals surface area contributed by atoms with Gasteiger partial charge >= 0.3 is 6.18 Å². The molecule has 10 heteroatoms. The molecule has 112 valence electrons. The van der Waals surface area contributed by atoms with E-state index in [0.717, 1.165) is 0 Å². The highest BCUT2D eigenvalue weighted by Gasteiger charge is 2.27. The van der Waals surface area contributed by atoms with Gasteiger partial charge in [0.05, 0.1) is 11.9 Å². The van der Waals surface area contributed by atoms with Gasteiger partial charge in [0.2, 0.25) is 5.91 Å². The fourth-order valence-corrected chi connectivity index (χ4v) is 1.38. The molecule has 1 amide bonds. The van der Waals surface area contributed by atoms with Gasteiger partial charge in [0.15, 0.2) is 5.82 Å². The van der Waals surface area contributed by atoms with E-state index in [0.29, 0.717) is 11.5 Å². The Kier molecular flexibility index (Phi) is 4.48. The maximum atomic E-state index is 11.8. The zero-order valence-electron chi connectivity index (χ0n) is 10.5. The Labute approximate surface area is 116 Å². The van der Waals surface area contributed by atoms with E-state index in [1.165, 1.54) is 29.6 Å². The molecule has 1 N–H and O–H groups in total. The summed E-state index contributed by atoms with van der Waals surface area (Å²) < 4.78 is 41.1. The van der Waals surface area contributed by atoms with E-state index < -0.39 is 25.3 Å². The largest absolute Gasteiger partial charge is 0.411 e. The highest BCUT2D eigenvalue weighted by atomic mass is 19.4. The normalized spacial score (nSPS) is 11.4. The van der Waals surface area contributed by atoms with Crippen LogP contribution in [0.2, 0.25) is 0 Å². The van der Waals surface area contributed by atoms with Crippen molar-refractivity contribution in [3.05, 3.63) is 31.0 Å². The summed E-state index contributed by atoms with van der Waals surface area (Å²) in [5.74, 6) is -0.214. The number of ether oxygens (including phenoxy) is 1. The zero-order chi connectivity index (χ0) is 15.3. The predicted molar refractivity (Wildman–Crippen MR) is 64.7 cm³/mol. The van der Waals surface area contributed by atoms with Crippen LogP contribution in [-0.2, 0) is 9.53 Å². The zero-order valence-corrected chi connectivity index (χ0v) is 10.5. The van der Waals surface area contributed by atoms with Gasteiger partial charge in [-0.15, -0.1) is 0 Å². The molecule has 0 saturated heterocycles. The summed E-state index contributed by atoms with van der Waals surface area (Å²) >= 11 is 0. The van der Waals surface area contributed by atoms with Gasteiger partial charge in [-0.1, -0.05) is 0 Å². The number of hydrogen-bond donors (Lipinski definition) is 1. The van der Waals surface area contributed by atoms with E-state index in [1.54, 1.807) is 6.07 Å². The first-order chi connectivity index (χ1) is 9.94. The van der Waals surface area contributed by atoms with Crippen molar-refractivity contribution in [2.24, 2.45) is 0 Å². The molecule has 0 aliphatic carbocycles. The summed E-state index contributed by atoms with van der Waals surface area (Å²) in [6.07, 6.45) is -0.319. The Hall–Kier alpha value is -2.49. The Bertz CT molecular complexity index is 583. The van der Waals surface area contributed by atoms with E-state index in [-0.39, 0.29) is 0 Å². The Morgan fingerprint density at radius 1 is 1.38 bits per heavy atom. The first-order valence-corrected chi connectivity index (χ1v) is 5.69. The summed E-state index contributed by atoms with van der Waals surface area (Å²) in [6.45, 7) is -2.16. The molecule has 0 bridgehead atoms. The van der Waals surface area contributed by atoms with Crippen molar-refractivity contribution in [1.82, 2.24) is 19.7 Å². The molecule has 21 heavy (non-hydrogen) atoms. The van der Waals surface area contributed by atoms with Crippen molar-refractivity contribution in [3.63, 3.8) is 0 Å². The number of hydrogen-bond acceptors (Lipinski definition) is 5. The van der Waals surface area contributed by atoms with Crippen LogP contribution in [0.15, 0.2) is 31.0 Å². The minimum atomic E-state index is -4.46. The molecule has 2 rings (SSSR count). The van der Waals surface area contributed by atoms with Crippen LogP contribution in [0, 0.1) is 0 Å². The fourth-order valence-electron chi connectivity index (χ4n) is 1.38. The number of nitrogens with one attached hydrogen (secondary N) is 1. The second kappa shape index (κ2) is 6.31. The molecule has 2 aromatic rings. The van der Waals surface area contributed by atoms with E-state index in [9.17, 15) is 18.0 Å². The van der Waals surface area contributed by atoms with Gasteiger partial charge in [0.25, 0.3) is 0 Å². The van der Waals surface area contributed by atoms with Crippen LogP contribution in [-0.4, -0.2) is 45.0 Å². The van der Waals surface area contributed by atoms with Crippen molar-refractivity contribution in [2.45, 2.75) is 6.18 Å². The molecule has 0 aromatic carbocycles. The average molecular weight is 301 g/mol. The molecule has 0 fully saturated rings. The Morgan fingerprint density at radius 2 is 2.19 bits per heavy atom. The lowest BCUT2D eigenvalue weighted by molar-refractivity contribution is -0.174.